The zero-order chi connectivity index (χ0) is 11.0. The summed E-state index contributed by atoms with van der Waals surface area (Å²) in [7, 11) is 0. The van der Waals surface area contributed by atoms with Crippen LogP contribution in [0.25, 0.3) is 5.69 Å². The van der Waals surface area contributed by atoms with E-state index in [1.54, 1.807) is 25.4 Å². The highest BCUT2D eigenvalue weighted by Gasteiger charge is 2.08. The Balaban J connectivity index is 2.69. The highest BCUT2D eigenvalue weighted by molar-refractivity contribution is 9.10. The third-order valence-corrected chi connectivity index (χ3v) is 2.76. The van der Waals surface area contributed by atoms with E-state index in [0.29, 0.717) is 15.7 Å². The molecule has 0 fully saturated rings. The van der Waals surface area contributed by atoms with E-state index in [1.807, 2.05) is 0 Å². The lowest BCUT2D eigenvalue weighted by Crippen LogP contribution is -2.15. The summed E-state index contributed by atoms with van der Waals surface area (Å²) in [5.74, 6) is -0.333. The topological polar surface area (TPSA) is 37.8 Å². The van der Waals surface area contributed by atoms with Gasteiger partial charge >= 0.3 is 5.69 Å². The van der Waals surface area contributed by atoms with E-state index in [-0.39, 0.29) is 11.5 Å². The van der Waals surface area contributed by atoms with Crippen LogP contribution in [0.2, 0.25) is 0 Å². The molecule has 0 bridgehead atoms. The molecular weight excluding hydrogens is 263 g/mol. The van der Waals surface area contributed by atoms with Crippen LogP contribution in [0, 0.1) is 12.7 Å². The number of nitrogens with zero attached hydrogens (tertiary/aromatic N) is 1. The Morgan fingerprint density at radius 1 is 1.47 bits per heavy atom. The number of H-pyrrole nitrogens is 1. The van der Waals surface area contributed by atoms with Gasteiger partial charge in [-0.05, 0) is 40.5 Å². The molecule has 0 aliphatic rings. The van der Waals surface area contributed by atoms with E-state index < -0.39 is 0 Å². The number of imidazole rings is 1. The maximum absolute atomic E-state index is 13.2. The Kier molecular flexibility index (Phi) is 2.48. The molecule has 0 saturated heterocycles. The van der Waals surface area contributed by atoms with Crippen LogP contribution in [0.1, 0.15) is 5.56 Å². The molecule has 0 unspecified atom stereocenters. The van der Waals surface area contributed by atoms with Gasteiger partial charge in [-0.25, -0.2) is 9.18 Å². The van der Waals surface area contributed by atoms with E-state index in [1.165, 1.54) is 10.6 Å². The number of halogens is 2. The number of aromatic nitrogens is 2. The summed E-state index contributed by atoms with van der Waals surface area (Å²) in [6.07, 6.45) is 3.15. The standard InChI is InChI=1S/C10H8BrFN2O/c1-6-4-8(12)7(11)5-9(6)14-3-2-13-10(14)15/h2-5H,1H3,(H,13,15). The molecule has 0 saturated carbocycles. The second-order valence-electron chi connectivity index (χ2n) is 3.19. The minimum absolute atomic E-state index is 0.239. The third kappa shape index (κ3) is 1.74. The number of hydrogen-bond acceptors (Lipinski definition) is 1. The largest absolute Gasteiger partial charge is 0.330 e. The van der Waals surface area contributed by atoms with Gasteiger partial charge in [-0.15, -0.1) is 0 Å². The second-order valence-corrected chi connectivity index (χ2v) is 4.04. The van der Waals surface area contributed by atoms with Crippen LogP contribution in [0.3, 0.4) is 0 Å². The first-order valence-corrected chi connectivity index (χ1v) is 5.11. The highest BCUT2D eigenvalue weighted by Crippen LogP contribution is 2.22. The smallest absolute Gasteiger partial charge is 0.312 e. The Bertz CT molecular complexity index is 559. The fourth-order valence-electron chi connectivity index (χ4n) is 1.41. The predicted molar refractivity (Wildman–Crippen MR) is 58.8 cm³/mol. The van der Waals surface area contributed by atoms with Gasteiger partial charge < -0.3 is 4.98 Å². The molecule has 0 amide bonds. The van der Waals surface area contributed by atoms with Crippen molar-refractivity contribution in [3.63, 3.8) is 0 Å². The summed E-state index contributed by atoms with van der Waals surface area (Å²) >= 11 is 3.09. The molecule has 0 aliphatic heterocycles. The number of rotatable bonds is 1. The minimum Gasteiger partial charge on any atom is -0.312 e. The zero-order valence-electron chi connectivity index (χ0n) is 7.92. The first-order chi connectivity index (χ1) is 7.09. The molecule has 5 heteroatoms. The molecule has 0 aliphatic carbocycles. The second kappa shape index (κ2) is 3.66. The average Bonchev–Trinajstić information content (AvgIpc) is 2.58. The molecule has 15 heavy (non-hydrogen) atoms. The lowest BCUT2D eigenvalue weighted by molar-refractivity contribution is 0.619. The predicted octanol–water partition coefficient (Wildman–Crippen LogP) is 2.38. The van der Waals surface area contributed by atoms with E-state index >= 15 is 0 Å². The van der Waals surface area contributed by atoms with E-state index in [4.69, 9.17) is 0 Å². The SMILES string of the molecule is Cc1cc(F)c(Br)cc1-n1cc[nH]c1=O. The first-order valence-electron chi connectivity index (χ1n) is 4.31. The van der Waals surface area contributed by atoms with Crippen LogP contribution in [0.15, 0.2) is 33.8 Å². The summed E-state index contributed by atoms with van der Waals surface area (Å²) < 4.78 is 14.9. The molecule has 3 nitrogen and oxygen atoms in total. The summed E-state index contributed by atoms with van der Waals surface area (Å²) in [5.41, 5.74) is 1.13. The molecule has 1 heterocycles. The van der Waals surface area contributed by atoms with Crippen molar-refractivity contribution in [2.75, 3.05) is 0 Å². The van der Waals surface area contributed by atoms with Crippen LogP contribution >= 0.6 is 15.9 Å². The summed E-state index contributed by atoms with van der Waals surface area (Å²) in [6.45, 7) is 1.75. The van der Waals surface area contributed by atoms with Crippen LogP contribution < -0.4 is 5.69 Å². The average molecular weight is 271 g/mol. The summed E-state index contributed by atoms with van der Waals surface area (Å²) in [5, 5.41) is 0. The maximum atomic E-state index is 13.2. The molecule has 1 aromatic heterocycles. The molecule has 2 aromatic rings. The van der Waals surface area contributed by atoms with Gasteiger partial charge in [0.15, 0.2) is 0 Å². The number of benzene rings is 1. The van der Waals surface area contributed by atoms with Crippen molar-refractivity contribution in [1.29, 1.82) is 0 Å². The highest BCUT2D eigenvalue weighted by atomic mass is 79.9. The maximum Gasteiger partial charge on any atom is 0.330 e. The van der Waals surface area contributed by atoms with Crippen molar-refractivity contribution < 1.29 is 4.39 Å². The molecule has 0 spiro atoms. The van der Waals surface area contributed by atoms with Crippen LogP contribution in [0.4, 0.5) is 4.39 Å². The Hall–Kier alpha value is -1.36. The Labute approximate surface area is 93.7 Å². The fourth-order valence-corrected chi connectivity index (χ4v) is 1.74. The number of aromatic amines is 1. The van der Waals surface area contributed by atoms with E-state index in [9.17, 15) is 9.18 Å². The fraction of sp³-hybridized carbons (Fsp3) is 0.100. The van der Waals surface area contributed by atoms with Crippen LogP contribution in [0.5, 0.6) is 0 Å². The Morgan fingerprint density at radius 2 is 2.20 bits per heavy atom. The summed E-state index contributed by atoms with van der Waals surface area (Å²) in [4.78, 5) is 13.9. The van der Waals surface area contributed by atoms with Gasteiger partial charge in [0.2, 0.25) is 0 Å². The number of nitrogens with one attached hydrogen (secondary N) is 1. The molecule has 0 radical (unpaired) electrons. The van der Waals surface area contributed by atoms with Crippen molar-refractivity contribution in [1.82, 2.24) is 9.55 Å². The lowest BCUT2D eigenvalue weighted by Gasteiger charge is -2.06. The van der Waals surface area contributed by atoms with Gasteiger partial charge in [-0.2, -0.15) is 0 Å². The number of hydrogen-bond donors (Lipinski definition) is 1. The Morgan fingerprint density at radius 3 is 2.80 bits per heavy atom. The lowest BCUT2D eigenvalue weighted by atomic mass is 10.2. The van der Waals surface area contributed by atoms with Gasteiger partial charge in [0, 0.05) is 12.4 Å². The van der Waals surface area contributed by atoms with Gasteiger partial charge in [0.05, 0.1) is 10.2 Å². The molecule has 0 atom stereocenters. The number of aryl methyl sites for hydroxylation is 1. The van der Waals surface area contributed by atoms with Gasteiger partial charge in [0.25, 0.3) is 0 Å². The molecule has 2 rings (SSSR count). The van der Waals surface area contributed by atoms with Crippen LogP contribution in [-0.4, -0.2) is 9.55 Å². The molecule has 1 N–H and O–H groups in total. The quantitative estimate of drug-likeness (QED) is 0.849. The monoisotopic (exact) mass is 270 g/mol. The van der Waals surface area contributed by atoms with Crippen molar-refractivity contribution in [2.24, 2.45) is 0 Å². The van der Waals surface area contributed by atoms with Crippen molar-refractivity contribution in [3.8, 4) is 5.69 Å². The van der Waals surface area contributed by atoms with E-state index in [2.05, 4.69) is 20.9 Å². The van der Waals surface area contributed by atoms with E-state index in [0.717, 1.165) is 0 Å². The minimum atomic E-state index is -0.333. The van der Waals surface area contributed by atoms with Crippen molar-refractivity contribution in [3.05, 3.63) is 50.9 Å². The molecular formula is C10H8BrFN2O. The molecule has 78 valence electrons. The first kappa shape index (κ1) is 10.2. The normalized spacial score (nSPS) is 10.6. The van der Waals surface area contributed by atoms with Gasteiger partial charge in [-0.3, -0.25) is 4.57 Å². The molecule has 1 aromatic carbocycles. The summed E-state index contributed by atoms with van der Waals surface area (Å²) in [6, 6.07) is 2.97. The van der Waals surface area contributed by atoms with Crippen molar-refractivity contribution >= 4 is 15.9 Å². The van der Waals surface area contributed by atoms with Crippen LogP contribution in [-0.2, 0) is 0 Å². The third-order valence-electron chi connectivity index (χ3n) is 2.15. The zero-order valence-corrected chi connectivity index (χ0v) is 9.51. The van der Waals surface area contributed by atoms with Gasteiger partial charge in [-0.1, -0.05) is 0 Å². The van der Waals surface area contributed by atoms with Gasteiger partial charge in [0.1, 0.15) is 5.82 Å². The van der Waals surface area contributed by atoms with Crippen molar-refractivity contribution in [2.45, 2.75) is 6.92 Å².